The molecule has 8 rings (SSSR count). The summed E-state index contributed by atoms with van der Waals surface area (Å²) in [4.78, 5) is 0. The van der Waals surface area contributed by atoms with Gasteiger partial charge in [-0.3, -0.25) is 0 Å². The first-order chi connectivity index (χ1) is 19.9. The topological polar surface area (TPSA) is 80.9 Å². The summed E-state index contributed by atoms with van der Waals surface area (Å²) in [6.45, 7) is 27.6. The maximum absolute atomic E-state index is 9.81. The van der Waals surface area contributed by atoms with Crippen molar-refractivity contribution in [1.82, 2.24) is 0 Å². The second-order valence-electron chi connectivity index (χ2n) is 20.5. The van der Waals surface area contributed by atoms with E-state index in [-0.39, 0.29) is 67.8 Å². The van der Waals surface area contributed by atoms with Crippen molar-refractivity contribution in [2.75, 3.05) is 0 Å². The summed E-state index contributed by atoms with van der Waals surface area (Å²) >= 11 is 0. The van der Waals surface area contributed by atoms with E-state index in [1.807, 2.05) is 0 Å². The average Bonchev–Trinajstić information content (AvgIpc) is 3.65. The predicted octanol–water partition coefficient (Wildman–Crippen LogP) is 8.77. The average molecular weight is 665 g/mol. The van der Waals surface area contributed by atoms with Crippen LogP contribution in [0.5, 0.6) is 0 Å². The minimum absolute atomic E-state index is 0. The van der Waals surface area contributed by atoms with Crippen LogP contribution in [0.25, 0.3) is 0 Å². The summed E-state index contributed by atoms with van der Waals surface area (Å²) in [7, 11) is 0. The maximum Gasteiger partial charge on any atom is 0.0601 e. The molecule has 12 atom stereocenters. The van der Waals surface area contributed by atoms with Crippen LogP contribution >= 0.6 is 0 Å². The molecular weight excluding hydrogens is 592 g/mol. The Hall–Kier alpha value is 0.554. The van der Waals surface area contributed by atoms with Gasteiger partial charge in [-0.25, -0.2) is 0 Å². The molecule has 8 aliphatic rings. The van der Waals surface area contributed by atoms with E-state index < -0.39 is 0 Å². The quantitative estimate of drug-likeness (QED) is 0.195. The minimum Gasteiger partial charge on any atom is -0.393 e. The molecule has 5 heteroatoms. The Kier molecular flexibility index (Phi) is 10.1. The van der Waals surface area contributed by atoms with Crippen molar-refractivity contribution in [3.63, 3.8) is 0 Å². The molecule has 8 saturated carbocycles. The van der Waals surface area contributed by atoms with Crippen LogP contribution in [0.15, 0.2) is 0 Å². The number of hydrogen-bond donors (Lipinski definition) is 4. The molecule has 45 heavy (non-hydrogen) atoms. The van der Waals surface area contributed by atoms with E-state index in [0.29, 0.717) is 21.7 Å². The fourth-order valence-corrected chi connectivity index (χ4v) is 12.6. The van der Waals surface area contributed by atoms with Crippen LogP contribution in [0.3, 0.4) is 0 Å². The van der Waals surface area contributed by atoms with Crippen LogP contribution < -0.4 is 0 Å². The van der Waals surface area contributed by atoms with Gasteiger partial charge in [-0.1, -0.05) is 83.1 Å². The minimum atomic E-state index is -0.0313. The molecule has 8 fully saturated rings. The van der Waals surface area contributed by atoms with E-state index in [2.05, 4.69) is 83.1 Å². The molecule has 4 N–H and O–H groups in total. The third-order valence-electron chi connectivity index (χ3n) is 19.0. The van der Waals surface area contributed by atoms with Gasteiger partial charge in [-0.05, 0) is 144 Å². The van der Waals surface area contributed by atoms with Crippen molar-refractivity contribution in [2.24, 2.45) is 67.0 Å². The summed E-state index contributed by atoms with van der Waals surface area (Å²) < 4.78 is 0. The molecule has 0 amide bonds. The molecule has 8 bridgehead atoms. The fraction of sp³-hybridized carbons (Fsp3) is 1.00. The number of fused-ring (bicyclic) bond motifs is 8. The molecule has 0 saturated heterocycles. The summed E-state index contributed by atoms with van der Waals surface area (Å²) in [5, 5.41) is 39.3. The van der Waals surface area contributed by atoms with Crippen molar-refractivity contribution in [3.8, 4) is 0 Å². The Morgan fingerprint density at radius 1 is 0.333 bits per heavy atom. The zero-order valence-electron chi connectivity index (χ0n) is 31.4. The van der Waals surface area contributed by atoms with Gasteiger partial charge in [0.25, 0.3) is 0 Å². The van der Waals surface area contributed by atoms with Crippen LogP contribution in [-0.2, 0) is 21.7 Å². The van der Waals surface area contributed by atoms with Crippen molar-refractivity contribution < 1.29 is 42.1 Å². The van der Waals surface area contributed by atoms with Gasteiger partial charge in [0.15, 0.2) is 0 Å². The third-order valence-corrected chi connectivity index (χ3v) is 19.0. The largest absolute Gasteiger partial charge is 0.393 e. The standard InChI is InChI=1S/4C10H18O.Ti/c4*1-9(2)7-4-5-10(9,3)8(11)6-7;/h4*7-8,11H,4-6H2,1-3H3;/t4*7-,8+,10+;/m0000./s1. The Labute approximate surface area is 292 Å². The van der Waals surface area contributed by atoms with E-state index >= 15 is 0 Å². The van der Waals surface area contributed by atoms with E-state index in [1.165, 1.54) is 51.4 Å². The summed E-state index contributed by atoms with van der Waals surface area (Å²) in [5.41, 5.74) is 2.41. The van der Waals surface area contributed by atoms with Gasteiger partial charge >= 0.3 is 0 Å². The van der Waals surface area contributed by atoms with Crippen molar-refractivity contribution in [3.05, 3.63) is 0 Å². The molecule has 4 nitrogen and oxygen atoms in total. The Morgan fingerprint density at radius 2 is 0.489 bits per heavy atom. The summed E-state index contributed by atoms with van der Waals surface area (Å²) in [6, 6.07) is 0. The zero-order valence-corrected chi connectivity index (χ0v) is 33.0. The smallest absolute Gasteiger partial charge is 0.0601 e. The first-order valence-electron chi connectivity index (χ1n) is 18.7. The van der Waals surface area contributed by atoms with Crippen LogP contribution in [0.4, 0.5) is 0 Å². The van der Waals surface area contributed by atoms with Gasteiger partial charge in [-0.15, -0.1) is 0 Å². The van der Waals surface area contributed by atoms with Crippen LogP contribution in [-0.4, -0.2) is 44.8 Å². The van der Waals surface area contributed by atoms with Gasteiger partial charge < -0.3 is 20.4 Å². The van der Waals surface area contributed by atoms with Gasteiger partial charge in [0.05, 0.1) is 24.4 Å². The van der Waals surface area contributed by atoms with E-state index in [4.69, 9.17) is 0 Å². The second kappa shape index (κ2) is 11.8. The number of aliphatic hydroxyl groups excluding tert-OH is 4. The Bertz CT molecular complexity index is 916. The van der Waals surface area contributed by atoms with E-state index in [9.17, 15) is 20.4 Å². The normalized spacial score (nSPS) is 52.3. The molecule has 0 heterocycles. The van der Waals surface area contributed by atoms with Crippen LogP contribution in [0.1, 0.15) is 160 Å². The van der Waals surface area contributed by atoms with Crippen molar-refractivity contribution >= 4 is 0 Å². The molecule has 0 spiro atoms. The third kappa shape index (κ3) is 5.20. The molecular formula is C40H72O4Ti. The van der Waals surface area contributed by atoms with E-state index in [1.54, 1.807) is 0 Å². The van der Waals surface area contributed by atoms with Crippen molar-refractivity contribution in [1.29, 1.82) is 0 Å². The SMILES string of the molecule is CC1(C)[C@H]2CC[C@]1(C)[C@H](O)C2.CC1(C)[C@H]2CC[C@]1(C)[C@H](O)C2.CC1(C)[C@H]2CC[C@]1(C)[C@H](O)C2.CC1(C)[C@H]2CC[C@]1(C)[C@H](O)C2.[Ti]. The Balaban J connectivity index is 0.000000136. The molecule has 0 unspecified atom stereocenters. The molecule has 260 valence electrons. The molecule has 0 aromatic carbocycles. The molecule has 8 aliphatic carbocycles. The summed E-state index contributed by atoms with van der Waals surface area (Å²) in [5.74, 6) is 3.12. The van der Waals surface area contributed by atoms with Crippen LogP contribution in [0.2, 0.25) is 0 Å². The monoisotopic (exact) mass is 664 g/mol. The molecule has 0 aliphatic heterocycles. The zero-order chi connectivity index (χ0) is 33.1. The van der Waals surface area contributed by atoms with E-state index in [0.717, 1.165) is 49.4 Å². The first kappa shape index (κ1) is 38.4. The second-order valence-corrected chi connectivity index (χ2v) is 20.5. The number of hydrogen-bond acceptors (Lipinski definition) is 4. The first-order valence-corrected chi connectivity index (χ1v) is 18.7. The Morgan fingerprint density at radius 3 is 0.533 bits per heavy atom. The van der Waals surface area contributed by atoms with Crippen LogP contribution in [0, 0.1) is 67.0 Å². The van der Waals surface area contributed by atoms with Gasteiger partial charge in [0, 0.05) is 21.7 Å². The maximum atomic E-state index is 9.81. The van der Waals surface area contributed by atoms with Crippen molar-refractivity contribution in [2.45, 2.75) is 185 Å². The van der Waals surface area contributed by atoms with Gasteiger partial charge in [-0.2, -0.15) is 0 Å². The van der Waals surface area contributed by atoms with Gasteiger partial charge in [0.2, 0.25) is 0 Å². The van der Waals surface area contributed by atoms with Gasteiger partial charge in [0.1, 0.15) is 0 Å². The molecule has 0 aromatic heterocycles. The predicted molar refractivity (Wildman–Crippen MR) is 181 cm³/mol. The summed E-state index contributed by atoms with van der Waals surface area (Å²) in [6.07, 6.45) is 14.3. The number of aliphatic hydroxyl groups is 4. The molecule has 0 radical (unpaired) electrons. The molecule has 0 aromatic rings. The fourth-order valence-electron chi connectivity index (χ4n) is 12.6. The number of rotatable bonds is 0.